The molecule has 3 aromatic rings. The van der Waals surface area contributed by atoms with Gasteiger partial charge in [-0.25, -0.2) is 9.97 Å². The number of fused-ring (bicyclic) bond motifs is 1. The number of nitrogens with zero attached hydrogens (tertiary/aromatic N) is 4. The Bertz CT molecular complexity index is 786. The zero-order chi connectivity index (χ0) is 13.4. The maximum Gasteiger partial charge on any atom is 0.270 e. The molecule has 2 aromatic heterocycles. The van der Waals surface area contributed by atoms with Crippen LogP contribution < -0.4 is 0 Å². The van der Waals surface area contributed by atoms with Crippen LogP contribution in [-0.4, -0.2) is 19.9 Å². The van der Waals surface area contributed by atoms with Crippen LogP contribution in [0.3, 0.4) is 0 Å². The second-order valence-electron chi connectivity index (χ2n) is 3.64. The third-order valence-electron chi connectivity index (χ3n) is 2.45. The number of halogens is 1. The first kappa shape index (κ1) is 11.5. The predicted octanol–water partition coefficient (Wildman–Crippen LogP) is 2.85. The lowest BCUT2D eigenvalue weighted by Gasteiger charge is -1.94. The van der Waals surface area contributed by atoms with Crippen molar-refractivity contribution in [2.75, 3.05) is 0 Å². The quantitative estimate of drug-likeness (QED) is 0.406. The molecule has 94 valence electrons. The number of aromatic nitrogens is 3. The molecule has 1 aromatic carbocycles. The summed E-state index contributed by atoms with van der Waals surface area (Å²) >= 11 is 5.86. The zero-order valence-electron chi connectivity index (χ0n) is 9.28. The smallest absolute Gasteiger partial charge is 0.270 e. The fraction of sp³-hybridized carbons (Fsp3) is 0. The van der Waals surface area contributed by atoms with Gasteiger partial charge in [0.1, 0.15) is 6.33 Å². The maximum absolute atomic E-state index is 10.7. The molecule has 0 aliphatic carbocycles. The first-order valence-corrected chi connectivity index (χ1v) is 5.55. The minimum atomic E-state index is -0.487. The van der Waals surface area contributed by atoms with Crippen LogP contribution in [0.1, 0.15) is 0 Å². The van der Waals surface area contributed by atoms with Gasteiger partial charge >= 0.3 is 0 Å². The molecule has 0 saturated heterocycles. The molecule has 2 heterocycles. The topological polar surface area (TPSA) is 95.0 Å². The van der Waals surface area contributed by atoms with E-state index in [9.17, 15) is 10.1 Å². The Balaban J connectivity index is 2.16. The summed E-state index contributed by atoms with van der Waals surface area (Å²) in [6.07, 6.45) is 1.26. The Hall–Kier alpha value is -2.54. The van der Waals surface area contributed by atoms with Crippen molar-refractivity contribution in [3.8, 4) is 11.5 Å². The van der Waals surface area contributed by atoms with Gasteiger partial charge in [-0.05, 0) is 6.07 Å². The predicted molar refractivity (Wildman–Crippen MR) is 66.7 cm³/mol. The number of nitro benzene ring substituents is 1. The van der Waals surface area contributed by atoms with E-state index < -0.39 is 4.92 Å². The average molecular weight is 277 g/mol. The molecule has 0 amide bonds. The molecular weight excluding hydrogens is 272 g/mol. The lowest BCUT2D eigenvalue weighted by molar-refractivity contribution is -0.384. The van der Waals surface area contributed by atoms with E-state index >= 15 is 0 Å². The Morgan fingerprint density at radius 1 is 1.32 bits per heavy atom. The van der Waals surface area contributed by atoms with Crippen molar-refractivity contribution in [3.63, 3.8) is 0 Å². The number of oxazole rings is 1. The Labute approximate surface area is 111 Å². The van der Waals surface area contributed by atoms with Crippen LogP contribution in [0.4, 0.5) is 5.69 Å². The Morgan fingerprint density at radius 2 is 2.16 bits per heavy atom. The van der Waals surface area contributed by atoms with Crippen LogP contribution >= 0.6 is 11.6 Å². The molecule has 0 radical (unpaired) electrons. The summed E-state index contributed by atoms with van der Waals surface area (Å²) in [6, 6.07) is 5.96. The van der Waals surface area contributed by atoms with Gasteiger partial charge in [0.05, 0.1) is 4.92 Å². The van der Waals surface area contributed by atoms with Gasteiger partial charge < -0.3 is 4.42 Å². The molecule has 0 N–H and O–H groups in total. The van der Waals surface area contributed by atoms with Gasteiger partial charge in [-0.3, -0.25) is 10.1 Å². The SMILES string of the molecule is O=[N+]([O-])c1cccc(-c2nc3c(Cl)ncnc3o2)c1. The summed E-state index contributed by atoms with van der Waals surface area (Å²) in [6.45, 7) is 0. The van der Waals surface area contributed by atoms with Crippen molar-refractivity contribution in [2.45, 2.75) is 0 Å². The number of hydrogen-bond acceptors (Lipinski definition) is 6. The van der Waals surface area contributed by atoms with Crippen LogP contribution in [0.5, 0.6) is 0 Å². The summed E-state index contributed by atoms with van der Waals surface area (Å²) in [4.78, 5) is 22.0. The second-order valence-corrected chi connectivity index (χ2v) is 4.00. The lowest BCUT2D eigenvalue weighted by atomic mass is 10.2. The Morgan fingerprint density at radius 3 is 2.89 bits per heavy atom. The van der Waals surface area contributed by atoms with Gasteiger partial charge in [-0.1, -0.05) is 17.7 Å². The minimum absolute atomic E-state index is 0.0445. The average Bonchev–Trinajstić information content (AvgIpc) is 2.84. The van der Waals surface area contributed by atoms with Crippen LogP contribution in [0.15, 0.2) is 35.0 Å². The van der Waals surface area contributed by atoms with Crippen LogP contribution in [0.2, 0.25) is 5.15 Å². The molecule has 0 fully saturated rings. The highest BCUT2D eigenvalue weighted by Gasteiger charge is 2.14. The van der Waals surface area contributed by atoms with Crippen molar-refractivity contribution >= 4 is 28.5 Å². The zero-order valence-corrected chi connectivity index (χ0v) is 10.0. The van der Waals surface area contributed by atoms with E-state index in [1.54, 1.807) is 12.1 Å². The van der Waals surface area contributed by atoms with Crippen molar-refractivity contribution in [2.24, 2.45) is 0 Å². The van der Waals surface area contributed by atoms with E-state index in [1.165, 1.54) is 18.5 Å². The molecule has 0 saturated carbocycles. The molecule has 0 unspecified atom stereocenters. The van der Waals surface area contributed by atoms with Crippen molar-refractivity contribution in [1.29, 1.82) is 0 Å². The van der Waals surface area contributed by atoms with Gasteiger partial charge in [0, 0.05) is 17.7 Å². The number of nitro groups is 1. The lowest BCUT2D eigenvalue weighted by Crippen LogP contribution is -1.88. The largest absolute Gasteiger partial charge is 0.417 e. The summed E-state index contributed by atoms with van der Waals surface area (Å²) in [7, 11) is 0. The first-order chi connectivity index (χ1) is 9.15. The summed E-state index contributed by atoms with van der Waals surface area (Å²) in [5.41, 5.74) is 0.993. The van der Waals surface area contributed by atoms with Crippen LogP contribution in [-0.2, 0) is 0 Å². The molecule has 7 nitrogen and oxygen atoms in total. The van der Waals surface area contributed by atoms with E-state index in [1.807, 2.05) is 0 Å². The summed E-state index contributed by atoms with van der Waals surface area (Å²) in [5.74, 6) is 0.209. The number of non-ortho nitro benzene ring substituents is 1. The third kappa shape index (κ3) is 2.00. The van der Waals surface area contributed by atoms with Crippen molar-refractivity contribution in [1.82, 2.24) is 15.0 Å². The molecule has 0 atom stereocenters. The maximum atomic E-state index is 10.7. The standard InChI is InChI=1S/C11H5ClN4O3/c12-9-8-11(14-5-13-9)19-10(15-8)6-2-1-3-7(4-6)16(17)18/h1-5H. The normalized spacial score (nSPS) is 10.8. The van der Waals surface area contributed by atoms with E-state index in [2.05, 4.69) is 15.0 Å². The van der Waals surface area contributed by atoms with Gasteiger partial charge in [0.15, 0.2) is 10.7 Å². The highest BCUT2D eigenvalue weighted by molar-refractivity contribution is 6.33. The van der Waals surface area contributed by atoms with E-state index in [0.29, 0.717) is 11.1 Å². The van der Waals surface area contributed by atoms with Crippen LogP contribution in [0.25, 0.3) is 22.7 Å². The van der Waals surface area contributed by atoms with Gasteiger partial charge in [0.25, 0.3) is 11.4 Å². The molecule has 0 spiro atoms. The minimum Gasteiger partial charge on any atom is -0.417 e. The molecule has 0 bridgehead atoms. The molecule has 0 aliphatic heterocycles. The van der Waals surface area contributed by atoms with E-state index in [4.69, 9.17) is 16.0 Å². The van der Waals surface area contributed by atoms with Crippen molar-refractivity contribution < 1.29 is 9.34 Å². The fourth-order valence-corrected chi connectivity index (χ4v) is 1.77. The molecule has 3 rings (SSSR count). The first-order valence-electron chi connectivity index (χ1n) is 5.17. The summed E-state index contributed by atoms with van der Waals surface area (Å²) < 4.78 is 5.40. The third-order valence-corrected chi connectivity index (χ3v) is 2.73. The van der Waals surface area contributed by atoms with Gasteiger partial charge in [-0.15, -0.1) is 0 Å². The summed E-state index contributed by atoms with van der Waals surface area (Å²) in [5, 5.41) is 10.9. The monoisotopic (exact) mass is 276 g/mol. The van der Waals surface area contributed by atoms with E-state index in [-0.39, 0.29) is 22.4 Å². The van der Waals surface area contributed by atoms with Gasteiger partial charge in [-0.2, -0.15) is 4.98 Å². The molecule has 19 heavy (non-hydrogen) atoms. The number of hydrogen-bond donors (Lipinski definition) is 0. The number of rotatable bonds is 2. The fourth-order valence-electron chi connectivity index (χ4n) is 1.60. The molecule has 0 aliphatic rings. The van der Waals surface area contributed by atoms with Crippen molar-refractivity contribution in [3.05, 3.63) is 45.9 Å². The Kier molecular flexibility index (Phi) is 2.60. The number of benzene rings is 1. The highest BCUT2D eigenvalue weighted by Crippen LogP contribution is 2.27. The van der Waals surface area contributed by atoms with Gasteiger partial charge in [0.2, 0.25) is 5.89 Å². The van der Waals surface area contributed by atoms with Crippen LogP contribution in [0, 0.1) is 10.1 Å². The second kappa shape index (κ2) is 4.29. The molecular formula is C11H5ClN4O3. The van der Waals surface area contributed by atoms with E-state index in [0.717, 1.165) is 0 Å². The highest BCUT2D eigenvalue weighted by atomic mass is 35.5. The molecule has 8 heteroatoms.